The Labute approximate surface area is 230 Å². The first kappa shape index (κ1) is 27.2. The van der Waals surface area contributed by atoms with Gasteiger partial charge in [-0.2, -0.15) is 0 Å². The first-order valence-corrected chi connectivity index (χ1v) is 13.7. The van der Waals surface area contributed by atoms with E-state index in [1.807, 2.05) is 6.92 Å². The molecule has 0 unspecified atom stereocenters. The Balaban J connectivity index is 0.00000274. The fraction of sp³-hybridized carbons (Fsp3) is 0.900. The predicted molar refractivity (Wildman–Crippen MR) is 130 cm³/mol. The molecule has 3 nitrogen and oxygen atoms in total. The minimum absolute atomic E-state index is 0. The molecule has 5 aliphatic carbocycles. The van der Waals surface area contributed by atoms with Crippen LogP contribution in [0.25, 0.3) is 0 Å². The summed E-state index contributed by atoms with van der Waals surface area (Å²) in [6.07, 6.45) is 12.9. The predicted octanol–water partition coefficient (Wildman–Crippen LogP) is 2.90. The van der Waals surface area contributed by atoms with E-state index >= 15 is 0 Å². The smallest absolute Gasteiger partial charge is 0.550 e. The minimum atomic E-state index is -0.853. The molecule has 0 aromatic carbocycles. The number of aliphatic carboxylic acids is 1. The number of allylic oxidation sites excluding steroid dienone is 2. The summed E-state index contributed by atoms with van der Waals surface area (Å²) >= 11 is 0. The second kappa shape index (κ2) is 8.08. The topological polar surface area (TPSA) is 60.4 Å². The molecular formula is C30H47NaO3. The third kappa shape index (κ3) is 3.31. The van der Waals surface area contributed by atoms with E-state index in [2.05, 4.69) is 47.6 Å². The van der Waals surface area contributed by atoms with Gasteiger partial charge in [-0.15, -0.1) is 0 Å². The van der Waals surface area contributed by atoms with Crippen LogP contribution in [0.4, 0.5) is 0 Å². The summed E-state index contributed by atoms with van der Waals surface area (Å²) in [5.41, 5.74) is 1.72. The van der Waals surface area contributed by atoms with Gasteiger partial charge in [-0.1, -0.05) is 60.1 Å². The zero-order valence-corrected chi connectivity index (χ0v) is 25.2. The van der Waals surface area contributed by atoms with Crippen molar-refractivity contribution in [1.29, 1.82) is 0 Å². The molecule has 0 aliphatic heterocycles. The monoisotopic (exact) mass is 478 g/mol. The van der Waals surface area contributed by atoms with Crippen molar-refractivity contribution in [3.63, 3.8) is 0 Å². The summed E-state index contributed by atoms with van der Waals surface area (Å²) < 4.78 is 0. The summed E-state index contributed by atoms with van der Waals surface area (Å²) in [6.45, 7) is 16.7. The van der Waals surface area contributed by atoms with Crippen molar-refractivity contribution >= 4 is 5.97 Å². The van der Waals surface area contributed by atoms with Gasteiger partial charge >= 0.3 is 29.6 Å². The zero-order valence-electron chi connectivity index (χ0n) is 23.2. The van der Waals surface area contributed by atoms with Gasteiger partial charge in [0.2, 0.25) is 0 Å². The Morgan fingerprint density at radius 1 is 0.912 bits per heavy atom. The number of carboxylic acids is 1. The van der Waals surface area contributed by atoms with Gasteiger partial charge in [0, 0.05) is 11.4 Å². The van der Waals surface area contributed by atoms with Crippen LogP contribution >= 0.6 is 0 Å². The number of carbonyl (C=O) groups excluding carboxylic acids is 1. The average Bonchev–Trinajstić information content (AvgIpc) is 2.73. The molecule has 0 heterocycles. The van der Waals surface area contributed by atoms with Crippen molar-refractivity contribution < 1.29 is 44.6 Å². The quantitative estimate of drug-likeness (QED) is 0.466. The van der Waals surface area contributed by atoms with E-state index in [4.69, 9.17) is 0 Å². The third-order valence-electron chi connectivity index (χ3n) is 13.3. The van der Waals surface area contributed by atoms with Crippen molar-refractivity contribution in [2.75, 3.05) is 0 Å². The maximum atomic E-state index is 12.1. The summed E-state index contributed by atoms with van der Waals surface area (Å²) in [5.74, 6) is 0.703. The molecule has 0 spiro atoms. The number of rotatable bonds is 1. The molecule has 1 N–H and O–H groups in total. The van der Waals surface area contributed by atoms with E-state index in [0.29, 0.717) is 17.8 Å². The molecule has 4 fully saturated rings. The van der Waals surface area contributed by atoms with Crippen molar-refractivity contribution in [2.24, 2.45) is 50.2 Å². The van der Waals surface area contributed by atoms with Gasteiger partial charge in [0.25, 0.3) is 0 Å². The Hall–Kier alpha value is 0.170. The standard InChI is InChI=1S/C30H48O3.Na/c1-25(2)21-10-13-30(7)22(28(21,5)12-11-23(25)31)9-8-19-20-18-27(4,24(32)33)15-14-26(20,3)16-17-29(19,30)6;/h8,20-23,31H,9-18H2,1-7H3,(H,32,33);/q;+1/p-1/t20-,21+,22-,23+,26-,27+,28+,29-,30-;/m1./s1. The van der Waals surface area contributed by atoms with Crippen LogP contribution in [0.5, 0.6) is 0 Å². The molecule has 0 saturated heterocycles. The van der Waals surface area contributed by atoms with Gasteiger partial charge in [0.05, 0.1) is 6.10 Å². The average molecular weight is 479 g/mol. The van der Waals surface area contributed by atoms with Gasteiger partial charge in [0.1, 0.15) is 0 Å². The molecule has 0 aromatic heterocycles. The van der Waals surface area contributed by atoms with Gasteiger partial charge in [-0.05, 0) is 109 Å². The molecule has 4 heteroatoms. The summed E-state index contributed by atoms with van der Waals surface area (Å²) in [7, 11) is 0. The largest absolute Gasteiger partial charge is 1.00 e. The van der Waals surface area contributed by atoms with Crippen LogP contribution in [-0.4, -0.2) is 17.2 Å². The second-order valence-corrected chi connectivity index (χ2v) is 14.9. The summed E-state index contributed by atoms with van der Waals surface area (Å²) in [5, 5.41) is 23.0. The molecule has 0 bridgehead atoms. The number of aliphatic hydroxyl groups is 1. The fourth-order valence-electron chi connectivity index (χ4n) is 10.5. The summed E-state index contributed by atoms with van der Waals surface area (Å²) in [6, 6.07) is 0. The van der Waals surface area contributed by atoms with Crippen molar-refractivity contribution in [1.82, 2.24) is 0 Å². The fourth-order valence-corrected chi connectivity index (χ4v) is 10.5. The first-order chi connectivity index (χ1) is 15.1. The number of hydrogen-bond donors (Lipinski definition) is 1. The van der Waals surface area contributed by atoms with Crippen LogP contribution in [0.3, 0.4) is 0 Å². The number of carbonyl (C=O) groups is 1. The van der Waals surface area contributed by atoms with Crippen molar-refractivity contribution in [2.45, 2.75) is 119 Å². The number of hydrogen-bond acceptors (Lipinski definition) is 3. The van der Waals surface area contributed by atoms with Gasteiger partial charge in [0.15, 0.2) is 0 Å². The zero-order chi connectivity index (χ0) is 24.2. The molecule has 0 aromatic rings. The van der Waals surface area contributed by atoms with Crippen molar-refractivity contribution in [3.8, 4) is 0 Å². The van der Waals surface area contributed by atoms with E-state index in [9.17, 15) is 15.0 Å². The van der Waals surface area contributed by atoms with Crippen LogP contribution in [0.2, 0.25) is 0 Å². The van der Waals surface area contributed by atoms with E-state index in [0.717, 1.165) is 38.5 Å². The number of fused-ring (bicyclic) bond motifs is 7. The molecule has 5 rings (SSSR count). The SMILES string of the molecule is CC1(C)[C@@H](O)CC[C@]2(C)[C@H]3CC=C4[C@H]5C[C@@](C)(C(=O)[O-])CC[C@]5(C)CC[C@@]4(C)[C@]3(C)CC[C@@H]12.[Na+]. The van der Waals surface area contributed by atoms with Gasteiger partial charge in [-0.3, -0.25) is 0 Å². The molecule has 5 aliphatic rings. The van der Waals surface area contributed by atoms with Gasteiger partial charge in [-0.25, -0.2) is 0 Å². The molecule has 186 valence electrons. The normalized spacial score (nSPS) is 53.7. The van der Waals surface area contributed by atoms with E-state index in [-0.39, 0.29) is 62.7 Å². The molecule has 34 heavy (non-hydrogen) atoms. The van der Waals surface area contributed by atoms with Crippen LogP contribution in [0.1, 0.15) is 113 Å². The minimum Gasteiger partial charge on any atom is -0.550 e. The van der Waals surface area contributed by atoms with E-state index < -0.39 is 11.4 Å². The number of aliphatic hydroxyl groups excluding tert-OH is 1. The van der Waals surface area contributed by atoms with Crippen LogP contribution < -0.4 is 34.7 Å². The maximum Gasteiger partial charge on any atom is 1.00 e. The van der Waals surface area contributed by atoms with Crippen LogP contribution in [0, 0.1) is 50.2 Å². The Morgan fingerprint density at radius 3 is 2.21 bits per heavy atom. The van der Waals surface area contributed by atoms with E-state index in [1.165, 1.54) is 25.7 Å². The van der Waals surface area contributed by atoms with Gasteiger partial charge < -0.3 is 15.0 Å². The first-order valence-electron chi connectivity index (χ1n) is 13.7. The van der Waals surface area contributed by atoms with E-state index in [1.54, 1.807) is 5.57 Å². The Kier molecular flexibility index (Phi) is 6.47. The molecule has 0 radical (unpaired) electrons. The Morgan fingerprint density at radius 2 is 1.56 bits per heavy atom. The Bertz CT molecular complexity index is 895. The molecular weight excluding hydrogens is 431 g/mol. The maximum absolute atomic E-state index is 12.1. The van der Waals surface area contributed by atoms with Crippen molar-refractivity contribution in [3.05, 3.63) is 11.6 Å². The molecule has 4 saturated carbocycles. The second-order valence-electron chi connectivity index (χ2n) is 14.9. The van der Waals surface area contributed by atoms with Crippen LogP contribution in [-0.2, 0) is 4.79 Å². The summed E-state index contributed by atoms with van der Waals surface area (Å²) in [4.78, 5) is 12.1. The van der Waals surface area contributed by atoms with Crippen LogP contribution in [0.15, 0.2) is 11.6 Å². The third-order valence-corrected chi connectivity index (χ3v) is 13.3. The number of carboxylic acid groups (broad SMARTS) is 1. The molecule has 9 atom stereocenters. The molecule has 0 amide bonds.